The Hall–Kier alpha value is -2.78. The van der Waals surface area contributed by atoms with E-state index in [0.29, 0.717) is 38.3 Å². The van der Waals surface area contributed by atoms with E-state index in [4.69, 9.17) is 20.4 Å². The Labute approximate surface area is 199 Å². The number of halogens is 4. The number of hydrogen-bond acceptors (Lipinski definition) is 7. The number of hydrogen-bond donors (Lipinski definition) is 3. The van der Waals surface area contributed by atoms with Gasteiger partial charge in [0.2, 0.25) is 21.8 Å². The lowest BCUT2D eigenvalue weighted by Crippen LogP contribution is -2.43. The molecule has 1 saturated carbocycles. The van der Waals surface area contributed by atoms with Crippen molar-refractivity contribution in [3.63, 3.8) is 0 Å². The molecule has 2 heterocycles. The van der Waals surface area contributed by atoms with Gasteiger partial charge < -0.3 is 20.9 Å². The topological polar surface area (TPSA) is 152 Å². The Morgan fingerprint density at radius 2 is 1.83 bits per heavy atom. The molecule has 0 unspecified atom stereocenters. The Balaban J connectivity index is 0.000000540. The molecular weight excluding hydrogens is 500 g/mol. The molecule has 0 aromatic carbocycles. The van der Waals surface area contributed by atoms with E-state index in [9.17, 15) is 30.8 Å². The normalized spacial score (nSPS) is 17.8. The second-order valence-electron chi connectivity index (χ2n) is 7.86. The molecule has 3 rings (SSSR count). The maximum atomic E-state index is 12.8. The van der Waals surface area contributed by atoms with E-state index in [0.717, 1.165) is 12.8 Å². The number of sulfonamides is 1. The molecule has 2 aliphatic rings. The third-order valence-corrected chi connectivity index (χ3v) is 7.04. The maximum absolute atomic E-state index is 12.8. The molecule has 15 heteroatoms. The number of pyridine rings is 1. The van der Waals surface area contributed by atoms with Gasteiger partial charge in [0.25, 0.3) is 0 Å². The average molecular weight is 527 g/mol. The Bertz CT molecular complexity index is 1010. The van der Waals surface area contributed by atoms with Crippen LogP contribution in [0.1, 0.15) is 25.7 Å². The van der Waals surface area contributed by atoms with Crippen LogP contribution in [0.15, 0.2) is 35.1 Å². The molecule has 0 atom stereocenters. The van der Waals surface area contributed by atoms with Crippen molar-refractivity contribution in [2.75, 3.05) is 26.2 Å². The van der Waals surface area contributed by atoms with Gasteiger partial charge in [0.15, 0.2) is 0 Å². The molecule has 196 valence electrons. The molecule has 10 nitrogen and oxygen atoms in total. The molecule has 1 aliphatic heterocycles. The summed E-state index contributed by atoms with van der Waals surface area (Å²) in [6.45, 7) is 0.565. The first-order valence-electron chi connectivity index (χ1n) is 10.6. The van der Waals surface area contributed by atoms with Crippen molar-refractivity contribution in [3.05, 3.63) is 30.2 Å². The highest BCUT2D eigenvalue weighted by Crippen LogP contribution is 2.26. The summed E-state index contributed by atoms with van der Waals surface area (Å²) >= 11 is 0. The molecule has 35 heavy (non-hydrogen) atoms. The second kappa shape index (κ2) is 12.3. The smallest absolute Gasteiger partial charge is 0.475 e. The molecule has 1 amide bonds. The SMILES string of the molecule is NC/C(=C\F)COc1ccc(S(=O)(=O)N2CCC(C(=O)NC3CC3)CC2)cn1.O=C(O)C(F)(F)F. The average Bonchev–Trinajstić information content (AvgIpc) is 3.64. The van der Waals surface area contributed by atoms with Crippen LogP contribution in [0.4, 0.5) is 17.6 Å². The monoisotopic (exact) mass is 526 g/mol. The van der Waals surface area contributed by atoms with Crippen molar-refractivity contribution in [3.8, 4) is 5.88 Å². The second-order valence-corrected chi connectivity index (χ2v) is 9.79. The van der Waals surface area contributed by atoms with Crippen LogP contribution in [0, 0.1) is 5.92 Å². The lowest BCUT2D eigenvalue weighted by Gasteiger charge is -2.30. The Kier molecular flexibility index (Phi) is 9.97. The van der Waals surface area contributed by atoms with E-state index in [1.807, 2.05) is 0 Å². The largest absolute Gasteiger partial charge is 0.490 e. The molecule has 0 spiro atoms. The number of nitrogens with zero attached hydrogens (tertiary/aromatic N) is 2. The van der Waals surface area contributed by atoms with Gasteiger partial charge in [-0.1, -0.05) is 0 Å². The zero-order valence-electron chi connectivity index (χ0n) is 18.5. The van der Waals surface area contributed by atoms with Crippen molar-refractivity contribution < 1.29 is 45.4 Å². The van der Waals surface area contributed by atoms with Crippen LogP contribution < -0.4 is 15.8 Å². The van der Waals surface area contributed by atoms with Crippen molar-refractivity contribution in [1.29, 1.82) is 0 Å². The van der Waals surface area contributed by atoms with Crippen LogP contribution >= 0.6 is 0 Å². The summed E-state index contributed by atoms with van der Waals surface area (Å²) in [5.74, 6) is -2.68. The minimum absolute atomic E-state index is 0.0254. The zero-order valence-corrected chi connectivity index (χ0v) is 19.3. The van der Waals surface area contributed by atoms with Crippen molar-refractivity contribution >= 4 is 21.9 Å². The molecule has 1 saturated heterocycles. The highest BCUT2D eigenvalue weighted by molar-refractivity contribution is 7.89. The first kappa shape index (κ1) is 28.5. The van der Waals surface area contributed by atoms with Crippen LogP contribution in [-0.4, -0.2) is 73.1 Å². The van der Waals surface area contributed by atoms with E-state index in [1.165, 1.54) is 22.6 Å². The predicted molar refractivity (Wildman–Crippen MR) is 114 cm³/mol. The number of aliphatic carboxylic acids is 1. The minimum atomic E-state index is -5.08. The quantitative estimate of drug-likeness (QED) is 0.432. The number of carboxylic acid groups (broad SMARTS) is 1. The van der Waals surface area contributed by atoms with Gasteiger partial charge in [0.1, 0.15) is 11.5 Å². The number of alkyl halides is 3. The summed E-state index contributed by atoms with van der Waals surface area (Å²) in [4.78, 5) is 25.1. The number of amides is 1. The van der Waals surface area contributed by atoms with Gasteiger partial charge in [0.05, 0.1) is 12.5 Å². The van der Waals surface area contributed by atoms with E-state index in [1.54, 1.807) is 0 Å². The molecular formula is C20H26F4N4O6S. The van der Waals surface area contributed by atoms with Gasteiger partial charge in [-0.2, -0.15) is 17.5 Å². The molecule has 4 N–H and O–H groups in total. The highest BCUT2D eigenvalue weighted by atomic mass is 32.2. The standard InChI is InChI=1S/C18H25FN4O4S.C2HF3O2/c19-9-13(10-20)12-27-17-4-3-16(11-21-17)28(25,26)23-7-5-14(6-8-23)18(24)22-15-1-2-15;3-2(4,5)1(6)7/h3-4,9,11,14-15H,1-2,5-8,10,12,20H2,(H,22,24);(H,6,7)/b13-9+;. The number of carboxylic acids is 1. The fourth-order valence-corrected chi connectivity index (χ4v) is 4.38. The van der Waals surface area contributed by atoms with E-state index in [2.05, 4.69) is 10.3 Å². The number of nitrogens with one attached hydrogen (secondary N) is 1. The Morgan fingerprint density at radius 1 is 1.23 bits per heavy atom. The molecule has 1 aliphatic carbocycles. The summed E-state index contributed by atoms with van der Waals surface area (Å²) in [5.41, 5.74) is 5.62. The fraction of sp³-hybridized carbons (Fsp3) is 0.550. The Morgan fingerprint density at radius 3 is 2.26 bits per heavy atom. The first-order chi connectivity index (χ1) is 16.4. The summed E-state index contributed by atoms with van der Waals surface area (Å²) in [6, 6.07) is 3.14. The fourth-order valence-electron chi connectivity index (χ4n) is 2.96. The van der Waals surface area contributed by atoms with E-state index >= 15 is 0 Å². The third-order valence-electron chi connectivity index (χ3n) is 5.16. The minimum Gasteiger partial charge on any atom is -0.475 e. The van der Waals surface area contributed by atoms with E-state index in [-0.39, 0.29) is 41.3 Å². The van der Waals surface area contributed by atoms with Crippen molar-refractivity contribution in [2.45, 2.75) is 42.8 Å². The van der Waals surface area contributed by atoms with Gasteiger partial charge in [0, 0.05) is 43.2 Å². The highest BCUT2D eigenvalue weighted by Gasteiger charge is 2.38. The maximum Gasteiger partial charge on any atom is 0.490 e. The van der Waals surface area contributed by atoms with Crippen LogP contribution in [0.5, 0.6) is 5.88 Å². The number of nitrogens with two attached hydrogens (primary N) is 1. The van der Waals surface area contributed by atoms with Crippen LogP contribution in [0.25, 0.3) is 0 Å². The zero-order chi connectivity index (χ0) is 26.2. The lowest BCUT2D eigenvalue weighted by atomic mass is 9.97. The number of rotatable bonds is 8. The van der Waals surface area contributed by atoms with Gasteiger partial charge in [-0.15, -0.1) is 0 Å². The summed E-state index contributed by atoms with van der Waals surface area (Å²) < 4.78 is 76.5. The predicted octanol–water partition coefficient (Wildman–Crippen LogP) is 1.59. The summed E-state index contributed by atoms with van der Waals surface area (Å²) in [7, 11) is -3.69. The summed E-state index contributed by atoms with van der Waals surface area (Å²) in [5, 5.41) is 10.1. The molecule has 0 bridgehead atoms. The lowest BCUT2D eigenvalue weighted by molar-refractivity contribution is -0.192. The molecule has 1 aromatic heterocycles. The first-order valence-corrected chi connectivity index (χ1v) is 12.0. The molecule has 0 radical (unpaired) electrons. The number of ether oxygens (including phenoxy) is 1. The van der Waals surface area contributed by atoms with Gasteiger partial charge in [-0.3, -0.25) is 4.79 Å². The van der Waals surface area contributed by atoms with Gasteiger partial charge >= 0.3 is 12.1 Å². The van der Waals surface area contributed by atoms with Crippen LogP contribution in [-0.2, 0) is 19.6 Å². The number of piperidine rings is 1. The molecule has 1 aromatic rings. The van der Waals surface area contributed by atoms with Crippen molar-refractivity contribution in [2.24, 2.45) is 11.7 Å². The molecule has 2 fully saturated rings. The van der Waals surface area contributed by atoms with Crippen LogP contribution in [0.2, 0.25) is 0 Å². The van der Waals surface area contributed by atoms with Crippen LogP contribution in [0.3, 0.4) is 0 Å². The number of carbonyl (C=O) groups excluding carboxylic acids is 1. The van der Waals surface area contributed by atoms with Gasteiger partial charge in [-0.05, 0) is 31.7 Å². The summed E-state index contributed by atoms with van der Waals surface area (Å²) in [6.07, 6.45) is -0.411. The van der Waals surface area contributed by atoms with Gasteiger partial charge in [-0.25, -0.2) is 22.6 Å². The third kappa shape index (κ3) is 8.74. The number of carbonyl (C=O) groups is 2. The van der Waals surface area contributed by atoms with E-state index < -0.39 is 22.2 Å². The number of aromatic nitrogens is 1. The van der Waals surface area contributed by atoms with Crippen molar-refractivity contribution in [1.82, 2.24) is 14.6 Å².